The number of alkyl halides is 1. The van der Waals surface area contributed by atoms with Crippen LogP contribution < -0.4 is 17.0 Å². The monoisotopic (exact) mass is 511 g/mol. The molecule has 0 aliphatic rings. The van der Waals surface area contributed by atoms with Crippen LogP contribution in [0.5, 0.6) is 0 Å². The highest BCUT2D eigenvalue weighted by Gasteiger charge is 2.12. The van der Waals surface area contributed by atoms with Gasteiger partial charge in [0.2, 0.25) is 0 Å². The lowest BCUT2D eigenvalue weighted by Crippen LogP contribution is -3.00. The van der Waals surface area contributed by atoms with Gasteiger partial charge in [-0.25, -0.2) is 0 Å². The van der Waals surface area contributed by atoms with Gasteiger partial charge in [0.15, 0.2) is 0 Å². The van der Waals surface area contributed by atoms with Crippen LogP contribution in [0.15, 0.2) is 0 Å². The third-order valence-corrected chi connectivity index (χ3v) is 6.16. The van der Waals surface area contributed by atoms with E-state index < -0.39 is 0 Å². The van der Waals surface area contributed by atoms with Crippen molar-refractivity contribution in [3.8, 4) is 0 Å². The standard InChI is InChI=1S/C24H51BrN.BrH/c1-4-5-6-7-8-9-10-11-12-13-14-15-16-17-18-19-20-21-23-26(2,3)24-22-25;/h4-24H2,1-3H3;1H/q+1;/p-1. The Kier molecular flexibility index (Phi) is 25.9. The van der Waals surface area contributed by atoms with Gasteiger partial charge in [0.25, 0.3) is 0 Å². The van der Waals surface area contributed by atoms with Crippen LogP contribution in [-0.4, -0.2) is 37.0 Å². The Hall–Kier alpha value is 0.920. The molecular formula is C24H51Br2N. The number of hydrogen-bond donors (Lipinski definition) is 0. The van der Waals surface area contributed by atoms with Crippen LogP contribution in [0.25, 0.3) is 0 Å². The van der Waals surface area contributed by atoms with Crippen LogP contribution in [0.4, 0.5) is 0 Å². The van der Waals surface area contributed by atoms with Crippen molar-refractivity contribution in [2.45, 2.75) is 122 Å². The molecule has 0 aromatic rings. The summed E-state index contributed by atoms with van der Waals surface area (Å²) in [7, 11) is 4.71. The number of hydrogen-bond acceptors (Lipinski definition) is 0. The summed E-state index contributed by atoms with van der Waals surface area (Å²) < 4.78 is 1.17. The topological polar surface area (TPSA) is 0 Å². The highest BCUT2D eigenvalue weighted by atomic mass is 79.9. The van der Waals surface area contributed by atoms with Gasteiger partial charge < -0.3 is 21.5 Å². The number of rotatable bonds is 21. The van der Waals surface area contributed by atoms with Gasteiger partial charge in [0.05, 0.1) is 32.5 Å². The molecule has 0 atom stereocenters. The zero-order chi connectivity index (χ0) is 19.3. The van der Waals surface area contributed by atoms with Gasteiger partial charge >= 0.3 is 0 Å². The Morgan fingerprint density at radius 2 is 0.778 bits per heavy atom. The van der Waals surface area contributed by atoms with Crippen LogP contribution in [0.1, 0.15) is 122 Å². The summed E-state index contributed by atoms with van der Waals surface area (Å²) in [6, 6.07) is 0. The summed E-state index contributed by atoms with van der Waals surface area (Å²) in [6.45, 7) is 4.89. The zero-order valence-corrected chi connectivity index (χ0v) is 22.2. The maximum Gasteiger partial charge on any atom is 0.0880 e. The third kappa shape index (κ3) is 24.9. The van der Waals surface area contributed by atoms with E-state index in [9.17, 15) is 0 Å². The van der Waals surface area contributed by atoms with E-state index in [1.165, 1.54) is 133 Å². The Morgan fingerprint density at radius 3 is 1.07 bits per heavy atom. The van der Waals surface area contributed by atoms with Gasteiger partial charge in [-0.15, -0.1) is 0 Å². The molecule has 3 heteroatoms. The van der Waals surface area contributed by atoms with Gasteiger partial charge in [0.1, 0.15) is 0 Å². The maximum absolute atomic E-state index is 3.56. The molecule has 0 N–H and O–H groups in total. The summed E-state index contributed by atoms with van der Waals surface area (Å²) in [5.41, 5.74) is 0. The number of quaternary nitrogens is 1. The van der Waals surface area contributed by atoms with Crippen molar-refractivity contribution in [3.05, 3.63) is 0 Å². The van der Waals surface area contributed by atoms with Crippen LogP contribution >= 0.6 is 15.9 Å². The second kappa shape index (κ2) is 23.2. The fourth-order valence-corrected chi connectivity index (χ4v) is 4.74. The summed E-state index contributed by atoms with van der Waals surface area (Å²) in [4.78, 5) is 0. The SMILES string of the molecule is CCCCCCCCCCCCCCCCCCCC[N+](C)(C)CCBr.[Br-]. The minimum atomic E-state index is 0. The summed E-state index contributed by atoms with van der Waals surface area (Å²) in [5.74, 6) is 0. The fraction of sp³-hybridized carbons (Fsp3) is 1.00. The van der Waals surface area contributed by atoms with Crippen LogP contribution in [0.2, 0.25) is 0 Å². The maximum atomic E-state index is 3.56. The highest BCUT2D eigenvalue weighted by Crippen LogP contribution is 2.14. The normalized spacial score (nSPS) is 11.6. The Balaban J connectivity index is 0. The first-order valence-corrected chi connectivity index (χ1v) is 13.1. The van der Waals surface area contributed by atoms with Crippen molar-refractivity contribution in [2.75, 3.05) is 32.5 Å². The molecule has 0 rings (SSSR count). The molecule has 0 amide bonds. The highest BCUT2D eigenvalue weighted by molar-refractivity contribution is 9.09. The van der Waals surface area contributed by atoms with Crippen molar-refractivity contribution < 1.29 is 21.5 Å². The van der Waals surface area contributed by atoms with Gasteiger partial charge in [0, 0.05) is 0 Å². The van der Waals surface area contributed by atoms with Crippen LogP contribution in [0, 0.1) is 0 Å². The van der Waals surface area contributed by atoms with Crippen molar-refractivity contribution >= 4 is 15.9 Å². The fourth-order valence-electron chi connectivity index (χ4n) is 3.78. The molecule has 0 aliphatic heterocycles. The lowest BCUT2D eigenvalue weighted by Gasteiger charge is -2.29. The third-order valence-electron chi connectivity index (χ3n) is 5.81. The molecule has 0 heterocycles. The molecule has 0 aromatic carbocycles. The molecule has 0 radical (unpaired) electrons. The summed E-state index contributed by atoms with van der Waals surface area (Å²) in [5, 5.41) is 1.12. The predicted octanol–water partition coefficient (Wildman–Crippen LogP) is 5.50. The first kappa shape index (κ1) is 30.1. The van der Waals surface area contributed by atoms with E-state index >= 15 is 0 Å². The zero-order valence-electron chi connectivity index (χ0n) is 19.1. The minimum Gasteiger partial charge on any atom is -1.00 e. The molecule has 1 nitrogen and oxygen atoms in total. The van der Waals surface area contributed by atoms with E-state index in [0.29, 0.717) is 0 Å². The molecule has 0 aliphatic carbocycles. The average molecular weight is 513 g/mol. The van der Waals surface area contributed by atoms with Gasteiger partial charge in [-0.2, -0.15) is 0 Å². The first-order chi connectivity index (χ1) is 12.6. The molecule has 0 unspecified atom stereocenters. The first-order valence-electron chi connectivity index (χ1n) is 12.0. The van der Waals surface area contributed by atoms with Crippen molar-refractivity contribution in [1.29, 1.82) is 0 Å². The van der Waals surface area contributed by atoms with E-state index in [2.05, 4.69) is 36.9 Å². The van der Waals surface area contributed by atoms with E-state index in [4.69, 9.17) is 0 Å². The van der Waals surface area contributed by atoms with Gasteiger partial charge in [-0.1, -0.05) is 126 Å². The average Bonchev–Trinajstić information content (AvgIpc) is 2.60. The van der Waals surface area contributed by atoms with Crippen LogP contribution in [0.3, 0.4) is 0 Å². The molecule has 0 saturated heterocycles. The van der Waals surface area contributed by atoms with E-state index in [0.717, 1.165) is 5.33 Å². The van der Waals surface area contributed by atoms with Crippen molar-refractivity contribution in [1.82, 2.24) is 0 Å². The number of unbranched alkanes of at least 4 members (excludes halogenated alkanes) is 17. The molecule has 0 spiro atoms. The summed E-state index contributed by atoms with van der Waals surface area (Å²) >= 11 is 3.56. The smallest absolute Gasteiger partial charge is 0.0880 e. The Bertz CT molecular complexity index is 269. The van der Waals surface area contributed by atoms with Crippen molar-refractivity contribution in [2.24, 2.45) is 0 Å². The molecule has 0 aromatic heterocycles. The van der Waals surface area contributed by atoms with Crippen molar-refractivity contribution in [3.63, 3.8) is 0 Å². The number of halogens is 2. The van der Waals surface area contributed by atoms with E-state index in [1.54, 1.807) is 0 Å². The molecule has 0 bridgehead atoms. The van der Waals surface area contributed by atoms with E-state index in [-0.39, 0.29) is 17.0 Å². The second-order valence-corrected chi connectivity index (χ2v) is 9.88. The minimum absolute atomic E-state index is 0. The Morgan fingerprint density at radius 1 is 0.481 bits per heavy atom. The molecule has 0 fully saturated rings. The summed E-state index contributed by atoms with van der Waals surface area (Å²) in [6.07, 6.45) is 26.3. The molecule has 166 valence electrons. The van der Waals surface area contributed by atoms with E-state index in [1.807, 2.05) is 0 Å². The molecular weight excluding hydrogens is 462 g/mol. The quantitative estimate of drug-likeness (QED) is 0.108. The lowest BCUT2D eigenvalue weighted by atomic mass is 10.0. The largest absolute Gasteiger partial charge is 1.00 e. The van der Waals surface area contributed by atoms with Gasteiger partial charge in [-0.3, -0.25) is 0 Å². The molecule has 27 heavy (non-hydrogen) atoms. The number of nitrogens with zero attached hydrogens (tertiary/aromatic N) is 1. The van der Waals surface area contributed by atoms with Gasteiger partial charge in [-0.05, 0) is 12.8 Å². The lowest BCUT2D eigenvalue weighted by molar-refractivity contribution is -0.887. The Labute approximate surface area is 191 Å². The van der Waals surface area contributed by atoms with Crippen LogP contribution in [-0.2, 0) is 0 Å². The second-order valence-electron chi connectivity index (χ2n) is 9.08. The predicted molar refractivity (Wildman–Crippen MR) is 124 cm³/mol. The molecule has 0 saturated carbocycles.